The Kier molecular flexibility index (Phi) is 6.23. The van der Waals surface area contributed by atoms with Crippen LogP contribution in [0.3, 0.4) is 0 Å². The van der Waals surface area contributed by atoms with E-state index in [1.807, 2.05) is 17.7 Å². The van der Waals surface area contributed by atoms with E-state index in [0.717, 1.165) is 30.3 Å². The molecule has 4 aromatic rings. The number of aromatic nitrogens is 6. The van der Waals surface area contributed by atoms with Crippen LogP contribution in [0.2, 0.25) is 5.15 Å². The number of likely N-dealkylation sites (tertiary alicyclic amines) is 1. The maximum absolute atomic E-state index is 13.3. The lowest BCUT2D eigenvalue weighted by atomic mass is 10.0. The van der Waals surface area contributed by atoms with Crippen LogP contribution in [-0.2, 0) is 0 Å². The number of fused-ring (bicyclic) bond motifs is 1. The molecule has 5 heterocycles. The molecule has 1 aliphatic rings. The van der Waals surface area contributed by atoms with Crippen LogP contribution in [0.5, 0.6) is 5.88 Å². The van der Waals surface area contributed by atoms with Crippen LogP contribution in [0, 0.1) is 24.2 Å². The van der Waals surface area contributed by atoms with E-state index in [0.29, 0.717) is 41.2 Å². The highest BCUT2D eigenvalue weighted by Gasteiger charge is 2.25. The fourth-order valence-electron chi connectivity index (χ4n) is 4.35. The van der Waals surface area contributed by atoms with Crippen molar-refractivity contribution in [1.82, 2.24) is 34.3 Å². The average Bonchev–Trinajstić information content (AvgIpc) is 3.45. The Labute approximate surface area is 205 Å². The number of hydrogen-bond donors (Lipinski definition) is 1. The zero-order valence-corrected chi connectivity index (χ0v) is 19.6. The van der Waals surface area contributed by atoms with Crippen molar-refractivity contribution in [2.75, 3.05) is 19.7 Å². The molecule has 0 aromatic carbocycles. The fraction of sp³-hybridized carbons (Fsp3) is 0.348. The van der Waals surface area contributed by atoms with Crippen LogP contribution in [0.15, 0.2) is 36.7 Å². The second-order valence-electron chi connectivity index (χ2n) is 8.33. The van der Waals surface area contributed by atoms with Gasteiger partial charge >= 0.3 is 0 Å². The summed E-state index contributed by atoms with van der Waals surface area (Å²) in [5, 5.41) is 28.2. The maximum atomic E-state index is 13.3. The van der Waals surface area contributed by atoms with Gasteiger partial charge in [0.15, 0.2) is 12.3 Å². The van der Waals surface area contributed by atoms with Gasteiger partial charge in [0.25, 0.3) is 0 Å². The maximum Gasteiger partial charge on any atom is 0.201 e. The number of nitriles is 1. The Bertz CT molecular complexity index is 1390. The molecule has 10 nitrogen and oxygen atoms in total. The van der Waals surface area contributed by atoms with Crippen molar-refractivity contribution in [3.63, 3.8) is 0 Å². The Hall–Kier alpha value is -3.75. The van der Waals surface area contributed by atoms with E-state index >= 15 is 0 Å². The molecule has 1 aliphatic heterocycles. The van der Waals surface area contributed by atoms with Gasteiger partial charge < -0.3 is 14.7 Å². The number of aliphatic hydroxyl groups is 1. The second-order valence-corrected chi connectivity index (χ2v) is 8.72. The Balaban J connectivity index is 1.50. The van der Waals surface area contributed by atoms with Gasteiger partial charge in [0, 0.05) is 24.7 Å². The molecule has 5 rings (SSSR count). The molecule has 0 aliphatic carbocycles. The van der Waals surface area contributed by atoms with Gasteiger partial charge in [-0.25, -0.2) is 14.1 Å². The first-order valence-electron chi connectivity index (χ1n) is 11.1. The minimum atomic E-state index is -0.852. The summed E-state index contributed by atoms with van der Waals surface area (Å²) in [6.45, 7) is 2.94. The van der Waals surface area contributed by atoms with E-state index in [9.17, 15) is 9.50 Å². The number of pyridine rings is 2. The van der Waals surface area contributed by atoms with Gasteiger partial charge in [-0.3, -0.25) is 9.38 Å². The molecule has 0 amide bonds. The van der Waals surface area contributed by atoms with E-state index in [1.54, 1.807) is 15.4 Å². The van der Waals surface area contributed by atoms with Crippen molar-refractivity contribution in [1.29, 1.82) is 5.26 Å². The first-order valence-corrected chi connectivity index (χ1v) is 11.5. The Morgan fingerprint density at radius 1 is 1.26 bits per heavy atom. The van der Waals surface area contributed by atoms with Crippen molar-refractivity contribution >= 4 is 17.2 Å². The van der Waals surface area contributed by atoms with Crippen LogP contribution >= 0.6 is 11.6 Å². The molecule has 180 valence electrons. The van der Waals surface area contributed by atoms with Crippen molar-refractivity contribution in [3.05, 3.63) is 59.0 Å². The summed E-state index contributed by atoms with van der Waals surface area (Å²) in [5.74, 6) is -0.161. The summed E-state index contributed by atoms with van der Waals surface area (Å²) < 4.78 is 22.9. The van der Waals surface area contributed by atoms with Gasteiger partial charge in [-0.15, -0.1) is 5.10 Å². The summed E-state index contributed by atoms with van der Waals surface area (Å²) in [5.41, 5.74) is 3.17. The predicted molar refractivity (Wildman–Crippen MR) is 124 cm³/mol. The first-order chi connectivity index (χ1) is 17.0. The highest BCUT2D eigenvalue weighted by atomic mass is 35.5. The zero-order chi connectivity index (χ0) is 24.5. The van der Waals surface area contributed by atoms with Crippen LogP contribution in [-0.4, -0.2) is 59.1 Å². The monoisotopic (exact) mass is 496 g/mol. The fourth-order valence-corrected chi connectivity index (χ4v) is 4.56. The molecule has 1 unspecified atom stereocenters. The lowest BCUT2D eigenvalue weighted by molar-refractivity contribution is 0.107. The SMILES string of the molecule is Cc1c(-c2cc(OC(CO)c3ccc(F)cn3)n3c(Cl)cnc3c2)nnn1C1CCN(C#N)CC1. The van der Waals surface area contributed by atoms with Gasteiger partial charge in [0.1, 0.15) is 22.3 Å². The molecule has 35 heavy (non-hydrogen) atoms. The molecule has 1 fully saturated rings. The smallest absolute Gasteiger partial charge is 0.201 e. The number of nitrogens with zero attached hydrogens (tertiary/aromatic N) is 8. The Morgan fingerprint density at radius 3 is 2.74 bits per heavy atom. The van der Waals surface area contributed by atoms with Crippen LogP contribution in [0.25, 0.3) is 16.9 Å². The van der Waals surface area contributed by atoms with Crippen LogP contribution in [0.1, 0.15) is 36.4 Å². The van der Waals surface area contributed by atoms with E-state index < -0.39 is 11.9 Å². The number of halogens is 2. The highest BCUT2D eigenvalue weighted by Crippen LogP contribution is 2.33. The molecule has 4 aromatic heterocycles. The molecule has 0 bridgehead atoms. The number of piperidine rings is 1. The average molecular weight is 497 g/mol. The lowest BCUT2D eigenvalue weighted by Crippen LogP contribution is -2.31. The Morgan fingerprint density at radius 2 is 2.06 bits per heavy atom. The number of aliphatic hydroxyl groups excluding tert-OH is 1. The number of hydrogen-bond acceptors (Lipinski definition) is 8. The van der Waals surface area contributed by atoms with Crippen molar-refractivity contribution < 1.29 is 14.2 Å². The van der Waals surface area contributed by atoms with E-state index in [2.05, 4.69) is 26.5 Å². The minimum Gasteiger partial charge on any atom is -0.466 e. The summed E-state index contributed by atoms with van der Waals surface area (Å²) in [6, 6.07) is 6.46. The molecular weight excluding hydrogens is 475 g/mol. The molecular formula is C23H22ClFN8O2. The van der Waals surface area contributed by atoms with Crippen molar-refractivity contribution in [2.45, 2.75) is 31.9 Å². The molecule has 12 heteroatoms. The van der Waals surface area contributed by atoms with E-state index in [1.165, 1.54) is 18.3 Å². The molecule has 1 saturated heterocycles. The summed E-state index contributed by atoms with van der Waals surface area (Å²) >= 11 is 6.36. The third-order valence-electron chi connectivity index (χ3n) is 6.19. The van der Waals surface area contributed by atoms with Crippen LogP contribution < -0.4 is 4.74 Å². The molecule has 0 spiro atoms. The molecule has 0 saturated carbocycles. The van der Waals surface area contributed by atoms with Gasteiger partial charge in [-0.1, -0.05) is 16.8 Å². The highest BCUT2D eigenvalue weighted by molar-refractivity contribution is 6.29. The molecule has 1 atom stereocenters. The lowest BCUT2D eigenvalue weighted by Gasteiger charge is -2.28. The van der Waals surface area contributed by atoms with Crippen molar-refractivity contribution in [3.8, 4) is 23.3 Å². The first kappa shape index (κ1) is 23.0. The number of rotatable bonds is 6. The topological polar surface area (TPSA) is 117 Å². The predicted octanol–water partition coefficient (Wildman–Crippen LogP) is 3.32. The van der Waals surface area contributed by atoms with Gasteiger partial charge in [-0.2, -0.15) is 5.26 Å². The van der Waals surface area contributed by atoms with Crippen LogP contribution in [0.4, 0.5) is 4.39 Å². The molecule has 1 N–H and O–H groups in total. The number of imidazole rings is 1. The summed E-state index contributed by atoms with van der Waals surface area (Å²) in [7, 11) is 0. The molecule has 0 radical (unpaired) electrons. The number of ether oxygens (including phenoxy) is 1. The van der Waals surface area contributed by atoms with Gasteiger partial charge in [0.05, 0.1) is 36.4 Å². The summed E-state index contributed by atoms with van der Waals surface area (Å²) in [6.07, 6.45) is 5.53. The third kappa shape index (κ3) is 4.38. The summed E-state index contributed by atoms with van der Waals surface area (Å²) in [4.78, 5) is 10.1. The second kappa shape index (κ2) is 9.48. The van der Waals surface area contributed by atoms with Gasteiger partial charge in [0.2, 0.25) is 5.88 Å². The standard InChI is InChI=1S/C23H22ClFN8O2/c1-14-23(29-30-33(14)17-4-6-31(13-26)7-5-17)15-8-21-28-11-20(24)32(21)22(9-15)35-19(12-34)18-3-2-16(25)10-27-18/h2-3,8-11,17,19,34H,4-7,12H2,1H3. The third-order valence-corrected chi connectivity index (χ3v) is 6.46. The largest absolute Gasteiger partial charge is 0.466 e. The van der Waals surface area contributed by atoms with Crippen molar-refractivity contribution in [2.24, 2.45) is 0 Å². The van der Waals surface area contributed by atoms with E-state index in [-0.39, 0.29) is 12.6 Å². The normalized spacial score (nSPS) is 15.3. The quantitative estimate of drug-likeness (QED) is 0.404. The zero-order valence-electron chi connectivity index (χ0n) is 18.8. The van der Waals surface area contributed by atoms with E-state index in [4.69, 9.17) is 21.6 Å². The minimum absolute atomic E-state index is 0.157. The van der Waals surface area contributed by atoms with Gasteiger partial charge in [-0.05, 0) is 38.0 Å².